The molecule has 1 aromatic carbocycles. The zero-order chi connectivity index (χ0) is 16.5. The van der Waals surface area contributed by atoms with Crippen LogP contribution in [0.25, 0.3) is 0 Å². The van der Waals surface area contributed by atoms with E-state index in [1.165, 1.54) is 0 Å². The van der Waals surface area contributed by atoms with E-state index < -0.39 is 5.54 Å². The highest BCUT2D eigenvalue weighted by Crippen LogP contribution is 2.38. The van der Waals surface area contributed by atoms with Crippen molar-refractivity contribution in [3.05, 3.63) is 34.3 Å². The summed E-state index contributed by atoms with van der Waals surface area (Å²) in [6.07, 6.45) is 4.42. The third kappa shape index (κ3) is 3.47. The fraction of sp³-hybridized carbons (Fsp3) is 0.611. The molecular formula is C18H25BrN2O2. The van der Waals surface area contributed by atoms with E-state index in [-0.39, 0.29) is 11.3 Å². The Hall–Kier alpha value is -0.910. The van der Waals surface area contributed by atoms with Crippen LogP contribution in [0.15, 0.2) is 28.7 Å². The maximum atomic E-state index is 13.1. The Morgan fingerprint density at radius 1 is 1.30 bits per heavy atom. The number of hydrogen-bond acceptors (Lipinski definition) is 3. The number of halogens is 1. The molecule has 1 aromatic rings. The number of likely N-dealkylation sites (tertiary alicyclic amines) is 1. The van der Waals surface area contributed by atoms with Crippen LogP contribution in [-0.2, 0) is 15.1 Å². The van der Waals surface area contributed by atoms with E-state index in [0.717, 1.165) is 62.0 Å². The summed E-state index contributed by atoms with van der Waals surface area (Å²) in [4.78, 5) is 15.0. The summed E-state index contributed by atoms with van der Waals surface area (Å²) in [6, 6.07) is 7.71. The van der Waals surface area contributed by atoms with E-state index in [4.69, 9.17) is 10.5 Å². The number of carbonyl (C=O) groups is 1. The summed E-state index contributed by atoms with van der Waals surface area (Å²) < 4.78 is 6.69. The molecule has 2 atom stereocenters. The first-order valence-electron chi connectivity index (χ1n) is 8.35. The minimum Gasteiger partial charge on any atom is -0.381 e. The zero-order valence-electron chi connectivity index (χ0n) is 13.7. The fourth-order valence-corrected chi connectivity index (χ4v) is 4.13. The molecule has 0 bridgehead atoms. The molecule has 2 unspecified atom stereocenters. The van der Waals surface area contributed by atoms with Gasteiger partial charge in [-0.2, -0.15) is 0 Å². The summed E-state index contributed by atoms with van der Waals surface area (Å²) in [6.45, 7) is 5.01. The molecule has 2 aliphatic heterocycles. The molecule has 1 amide bonds. The topological polar surface area (TPSA) is 55.6 Å². The summed E-state index contributed by atoms with van der Waals surface area (Å²) in [5.41, 5.74) is 6.44. The second kappa shape index (κ2) is 6.54. The number of ether oxygens (including phenoxy) is 1. The smallest absolute Gasteiger partial charge is 0.246 e. The number of nitrogens with two attached hydrogens (primary N) is 1. The second-order valence-electron chi connectivity index (χ2n) is 7.20. The van der Waals surface area contributed by atoms with Crippen molar-refractivity contribution in [1.82, 2.24) is 4.90 Å². The number of amides is 1. The number of carbonyl (C=O) groups excluding carboxylic acids is 1. The predicted molar refractivity (Wildman–Crippen MR) is 94.0 cm³/mol. The van der Waals surface area contributed by atoms with Crippen LogP contribution in [0, 0.1) is 5.41 Å². The van der Waals surface area contributed by atoms with Crippen LogP contribution in [0.4, 0.5) is 0 Å². The van der Waals surface area contributed by atoms with Crippen molar-refractivity contribution in [2.75, 3.05) is 26.3 Å². The van der Waals surface area contributed by atoms with Crippen LogP contribution in [0.1, 0.15) is 38.2 Å². The van der Waals surface area contributed by atoms with Gasteiger partial charge in [0.2, 0.25) is 5.91 Å². The highest BCUT2D eigenvalue weighted by Gasteiger charge is 2.42. The molecule has 0 radical (unpaired) electrons. The normalized spacial score (nSPS) is 27.7. The molecule has 23 heavy (non-hydrogen) atoms. The van der Waals surface area contributed by atoms with Crippen molar-refractivity contribution in [2.24, 2.45) is 11.1 Å². The van der Waals surface area contributed by atoms with Crippen molar-refractivity contribution in [1.29, 1.82) is 0 Å². The number of hydrogen-bond donors (Lipinski definition) is 1. The summed E-state index contributed by atoms with van der Waals surface area (Å²) in [5, 5.41) is 0. The standard InChI is InChI=1S/C18H25BrN2O2/c1-17(20,14-4-6-15(19)7-5-14)16(22)21-10-2-8-18(12-21)9-3-11-23-13-18/h4-7H,2-3,8-13,20H2,1H3. The van der Waals surface area contributed by atoms with Crippen molar-refractivity contribution in [3.63, 3.8) is 0 Å². The lowest BCUT2D eigenvalue weighted by atomic mass is 9.75. The Morgan fingerprint density at radius 3 is 2.65 bits per heavy atom. The van der Waals surface area contributed by atoms with Crippen LogP contribution >= 0.6 is 15.9 Å². The van der Waals surface area contributed by atoms with Crippen molar-refractivity contribution < 1.29 is 9.53 Å². The minimum absolute atomic E-state index is 0.0180. The SMILES string of the molecule is CC(N)(C(=O)N1CCCC2(CCCOC2)C1)c1ccc(Br)cc1. The Balaban J connectivity index is 1.77. The van der Waals surface area contributed by atoms with Crippen LogP contribution in [0.3, 0.4) is 0 Å². The summed E-state index contributed by atoms with van der Waals surface area (Å²) >= 11 is 3.42. The van der Waals surface area contributed by atoms with E-state index >= 15 is 0 Å². The maximum Gasteiger partial charge on any atom is 0.246 e. The second-order valence-corrected chi connectivity index (χ2v) is 8.11. The van der Waals surface area contributed by atoms with Gasteiger partial charge in [0.25, 0.3) is 0 Å². The molecule has 0 saturated carbocycles. The van der Waals surface area contributed by atoms with Crippen LogP contribution < -0.4 is 5.73 Å². The van der Waals surface area contributed by atoms with Gasteiger partial charge in [-0.1, -0.05) is 28.1 Å². The number of rotatable bonds is 2. The average molecular weight is 381 g/mol. The Kier molecular flexibility index (Phi) is 4.81. The van der Waals surface area contributed by atoms with Crippen LogP contribution in [0.2, 0.25) is 0 Å². The Labute approximate surface area is 146 Å². The van der Waals surface area contributed by atoms with Gasteiger partial charge in [0.05, 0.1) is 6.61 Å². The predicted octanol–water partition coefficient (Wildman–Crippen LogP) is 3.04. The Morgan fingerprint density at radius 2 is 2.00 bits per heavy atom. The van der Waals surface area contributed by atoms with Gasteiger partial charge in [0, 0.05) is 29.6 Å². The van der Waals surface area contributed by atoms with E-state index in [2.05, 4.69) is 15.9 Å². The minimum atomic E-state index is -0.991. The lowest BCUT2D eigenvalue weighted by molar-refractivity contribution is -0.143. The third-order valence-electron chi connectivity index (χ3n) is 5.24. The molecule has 2 saturated heterocycles. The first-order chi connectivity index (χ1) is 10.9. The fourth-order valence-electron chi connectivity index (χ4n) is 3.86. The largest absolute Gasteiger partial charge is 0.381 e. The Bertz CT molecular complexity index is 559. The van der Waals surface area contributed by atoms with Crippen LogP contribution in [0.5, 0.6) is 0 Å². The number of benzene rings is 1. The third-order valence-corrected chi connectivity index (χ3v) is 5.77. The van der Waals surface area contributed by atoms with Gasteiger partial charge in [-0.25, -0.2) is 0 Å². The van der Waals surface area contributed by atoms with Gasteiger partial charge in [0.15, 0.2) is 0 Å². The molecule has 2 aliphatic rings. The zero-order valence-corrected chi connectivity index (χ0v) is 15.3. The summed E-state index contributed by atoms with van der Waals surface area (Å²) in [5.74, 6) is 0.0180. The van der Waals surface area contributed by atoms with Gasteiger partial charge < -0.3 is 15.4 Å². The van der Waals surface area contributed by atoms with Crippen molar-refractivity contribution in [3.8, 4) is 0 Å². The van der Waals surface area contributed by atoms with Gasteiger partial charge in [-0.15, -0.1) is 0 Å². The molecule has 1 spiro atoms. The lowest BCUT2D eigenvalue weighted by Crippen LogP contribution is -2.57. The molecule has 2 heterocycles. The average Bonchev–Trinajstić information content (AvgIpc) is 2.55. The van der Waals surface area contributed by atoms with Gasteiger partial charge in [-0.3, -0.25) is 4.79 Å². The van der Waals surface area contributed by atoms with Gasteiger partial charge in [-0.05, 0) is 50.3 Å². The molecule has 126 valence electrons. The number of piperidine rings is 1. The lowest BCUT2D eigenvalue weighted by Gasteiger charge is -2.46. The maximum absolute atomic E-state index is 13.1. The van der Waals surface area contributed by atoms with Crippen molar-refractivity contribution in [2.45, 2.75) is 38.1 Å². The van der Waals surface area contributed by atoms with E-state index in [9.17, 15) is 4.79 Å². The molecule has 4 nitrogen and oxygen atoms in total. The van der Waals surface area contributed by atoms with Gasteiger partial charge >= 0.3 is 0 Å². The van der Waals surface area contributed by atoms with Crippen molar-refractivity contribution >= 4 is 21.8 Å². The van der Waals surface area contributed by atoms with E-state index in [0.29, 0.717) is 0 Å². The molecule has 2 N–H and O–H groups in total. The van der Waals surface area contributed by atoms with Gasteiger partial charge in [0.1, 0.15) is 5.54 Å². The van der Waals surface area contributed by atoms with E-state index in [1.807, 2.05) is 36.1 Å². The highest BCUT2D eigenvalue weighted by molar-refractivity contribution is 9.10. The van der Waals surface area contributed by atoms with Crippen LogP contribution in [-0.4, -0.2) is 37.1 Å². The molecular weight excluding hydrogens is 356 g/mol. The first-order valence-corrected chi connectivity index (χ1v) is 9.14. The monoisotopic (exact) mass is 380 g/mol. The first kappa shape index (κ1) is 16.9. The molecule has 2 fully saturated rings. The highest BCUT2D eigenvalue weighted by atomic mass is 79.9. The molecule has 3 rings (SSSR count). The summed E-state index contributed by atoms with van der Waals surface area (Å²) in [7, 11) is 0. The molecule has 5 heteroatoms. The number of nitrogens with zero attached hydrogens (tertiary/aromatic N) is 1. The molecule has 0 aromatic heterocycles. The quantitative estimate of drug-likeness (QED) is 0.857. The van der Waals surface area contributed by atoms with E-state index in [1.54, 1.807) is 0 Å². The molecule has 0 aliphatic carbocycles.